The van der Waals surface area contributed by atoms with Gasteiger partial charge in [-0.25, -0.2) is 4.39 Å². The molecule has 0 nitrogen and oxygen atoms in total. The van der Waals surface area contributed by atoms with Crippen molar-refractivity contribution in [1.29, 1.82) is 0 Å². The molecule has 0 aromatic heterocycles. The first-order chi connectivity index (χ1) is 5.38. The van der Waals surface area contributed by atoms with Gasteiger partial charge in [-0.3, -0.25) is 0 Å². The van der Waals surface area contributed by atoms with Crippen LogP contribution >= 0.6 is 15.9 Å². The van der Waals surface area contributed by atoms with E-state index >= 15 is 0 Å². The van der Waals surface area contributed by atoms with Crippen LogP contribution in [0.1, 0.15) is 5.56 Å². The van der Waals surface area contributed by atoms with Crippen LogP contribution in [-0.2, 0) is 0 Å². The van der Waals surface area contributed by atoms with Crippen LogP contribution in [0.15, 0.2) is 36.7 Å². The molecule has 58 valence electrons. The summed E-state index contributed by atoms with van der Waals surface area (Å²) in [5.74, 6) is 0. The first-order valence-corrected chi connectivity index (χ1v) is 4.41. The maximum absolute atomic E-state index is 12.2. The zero-order valence-corrected chi connectivity index (χ0v) is 7.51. The molecule has 0 amide bonds. The molecule has 2 heteroatoms. The van der Waals surface area contributed by atoms with Gasteiger partial charge in [-0.05, 0) is 11.1 Å². The van der Waals surface area contributed by atoms with Crippen molar-refractivity contribution < 1.29 is 4.39 Å². The first kappa shape index (κ1) is 8.47. The van der Waals surface area contributed by atoms with Crippen molar-refractivity contribution in [3.8, 4) is 0 Å². The minimum absolute atomic E-state index is 0.549. The van der Waals surface area contributed by atoms with Crippen LogP contribution in [0.25, 0.3) is 5.57 Å². The summed E-state index contributed by atoms with van der Waals surface area (Å²) in [5.41, 5.74) is 1.59. The van der Waals surface area contributed by atoms with Gasteiger partial charge < -0.3 is 0 Å². The largest absolute Gasteiger partial charge is 0.215 e. The van der Waals surface area contributed by atoms with Gasteiger partial charge in [0, 0.05) is 5.33 Å². The molecular formula is C9H8BrF. The smallest absolute Gasteiger partial charge is 0.0913 e. The number of rotatable bonds is 2. The molecule has 1 rings (SSSR count). The zero-order valence-electron chi connectivity index (χ0n) is 5.93. The number of benzene rings is 1. The number of halogens is 2. The van der Waals surface area contributed by atoms with E-state index in [-0.39, 0.29) is 0 Å². The molecule has 0 N–H and O–H groups in total. The highest BCUT2D eigenvalue weighted by molar-refractivity contribution is 9.09. The Morgan fingerprint density at radius 1 is 1.36 bits per heavy atom. The van der Waals surface area contributed by atoms with Crippen molar-refractivity contribution in [2.75, 3.05) is 5.33 Å². The lowest BCUT2D eigenvalue weighted by Gasteiger charge is -1.99. The molecule has 11 heavy (non-hydrogen) atoms. The summed E-state index contributed by atoms with van der Waals surface area (Å²) >= 11 is 3.20. The van der Waals surface area contributed by atoms with Crippen LogP contribution < -0.4 is 0 Å². The molecule has 0 aliphatic carbocycles. The van der Waals surface area contributed by atoms with E-state index in [4.69, 9.17) is 0 Å². The first-order valence-electron chi connectivity index (χ1n) is 3.29. The SMILES string of the molecule is F/C=C(/CBr)c1ccccc1. The van der Waals surface area contributed by atoms with Gasteiger partial charge in [0.15, 0.2) is 0 Å². The summed E-state index contributed by atoms with van der Waals surface area (Å²) in [4.78, 5) is 0. The standard InChI is InChI=1S/C9H8BrF/c10-6-9(7-11)8-4-2-1-3-5-8/h1-5,7H,6H2/b9-7-. The summed E-state index contributed by atoms with van der Waals surface area (Å²) in [7, 11) is 0. The Morgan fingerprint density at radius 3 is 2.45 bits per heavy atom. The van der Waals surface area contributed by atoms with E-state index in [9.17, 15) is 4.39 Å². The van der Waals surface area contributed by atoms with E-state index in [1.54, 1.807) is 0 Å². The summed E-state index contributed by atoms with van der Waals surface area (Å²) in [5, 5.41) is 0.549. The molecule has 1 aromatic carbocycles. The van der Waals surface area contributed by atoms with Crippen molar-refractivity contribution >= 4 is 21.5 Å². The van der Waals surface area contributed by atoms with E-state index < -0.39 is 0 Å². The molecule has 0 saturated carbocycles. The van der Waals surface area contributed by atoms with Crippen molar-refractivity contribution in [3.05, 3.63) is 42.2 Å². The molecule has 0 aliphatic heterocycles. The van der Waals surface area contributed by atoms with E-state index in [0.717, 1.165) is 5.56 Å². The second-order valence-electron chi connectivity index (χ2n) is 2.13. The van der Waals surface area contributed by atoms with Gasteiger partial charge in [0.05, 0.1) is 6.33 Å². The Hall–Kier alpha value is -0.630. The molecule has 0 atom stereocenters. The minimum Gasteiger partial charge on any atom is -0.215 e. The second kappa shape index (κ2) is 4.29. The Balaban J connectivity index is 2.92. The van der Waals surface area contributed by atoms with Crippen LogP contribution in [0.4, 0.5) is 4.39 Å². The van der Waals surface area contributed by atoms with Crippen molar-refractivity contribution in [1.82, 2.24) is 0 Å². The van der Waals surface area contributed by atoms with Crippen LogP contribution in [-0.4, -0.2) is 5.33 Å². The Morgan fingerprint density at radius 2 is 2.00 bits per heavy atom. The predicted octanol–water partition coefficient (Wildman–Crippen LogP) is 3.39. The summed E-state index contributed by atoms with van der Waals surface area (Å²) in [6.45, 7) is 0. The highest BCUT2D eigenvalue weighted by atomic mass is 79.9. The lowest BCUT2D eigenvalue weighted by atomic mass is 10.1. The maximum Gasteiger partial charge on any atom is 0.0913 e. The zero-order chi connectivity index (χ0) is 8.10. The average Bonchev–Trinajstić information content (AvgIpc) is 2.09. The van der Waals surface area contributed by atoms with E-state index in [1.165, 1.54) is 0 Å². The normalized spacial score (nSPS) is 11.6. The van der Waals surface area contributed by atoms with Gasteiger partial charge in [-0.2, -0.15) is 0 Å². The summed E-state index contributed by atoms with van der Waals surface area (Å²) in [6, 6.07) is 9.45. The molecule has 0 bridgehead atoms. The highest BCUT2D eigenvalue weighted by Gasteiger charge is 1.96. The number of hydrogen-bond acceptors (Lipinski definition) is 0. The number of alkyl halides is 1. The van der Waals surface area contributed by atoms with Crippen molar-refractivity contribution in [2.24, 2.45) is 0 Å². The Bertz CT molecular complexity index is 241. The molecule has 1 aromatic rings. The van der Waals surface area contributed by atoms with Crippen LogP contribution in [0.5, 0.6) is 0 Å². The molecular weight excluding hydrogens is 207 g/mol. The maximum atomic E-state index is 12.2. The second-order valence-corrected chi connectivity index (χ2v) is 2.69. The third-order valence-electron chi connectivity index (χ3n) is 1.42. The van der Waals surface area contributed by atoms with Crippen LogP contribution in [0.2, 0.25) is 0 Å². The monoisotopic (exact) mass is 214 g/mol. The number of allylic oxidation sites excluding steroid dienone is 1. The molecule has 0 radical (unpaired) electrons. The Kier molecular flexibility index (Phi) is 3.30. The van der Waals surface area contributed by atoms with Gasteiger partial charge in [-0.15, -0.1) is 0 Å². The lowest BCUT2D eigenvalue weighted by Crippen LogP contribution is -1.82. The third-order valence-corrected chi connectivity index (χ3v) is 2.02. The van der Waals surface area contributed by atoms with E-state index in [0.29, 0.717) is 17.2 Å². The fraction of sp³-hybridized carbons (Fsp3) is 0.111. The molecule has 0 saturated heterocycles. The minimum atomic E-state index is 0.549. The van der Waals surface area contributed by atoms with Gasteiger partial charge in [0.25, 0.3) is 0 Å². The van der Waals surface area contributed by atoms with Gasteiger partial charge in [0.1, 0.15) is 0 Å². The quantitative estimate of drug-likeness (QED) is 0.663. The topological polar surface area (TPSA) is 0 Å². The highest BCUT2D eigenvalue weighted by Crippen LogP contribution is 2.15. The van der Waals surface area contributed by atoms with Crippen LogP contribution in [0.3, 0.4) is 0 Å². The van der Waals surface area contributed by atoms with Crippen molar-refractivity contribution in [2.45, 2.75) is 0 Å². The Labute approximate surface area is 73.9 Å². The number of hydrogen-bond donors (Lipinski definition) is 0. The van der Waals surface area contributed by atoms with Crippen molar-refractivity contribution in [3.63, 3.8) is 0 Å². The third kappa shape index (κ3) is 2.15. The molecule has 0 unspecified atom stereocenters. The van der Waals surface area contributed by atoms with E-state index in [2.05, 4.69) is 15.9 Å². The summed E-state index contributed by atoms with van der Waals surface area (Å²) in [6.07, 6.45) is 0.629. The predicted molar refractivity (Wildman–Crippen MR) is 49.3 cm³/mol. The lowest BCUT2D eigenvalue weighted by molar-refractivity contribution is 0.723. The van der Waals surface area contributed by atoms with Crippen LogP contribution in [0, 0.1) is 0 Å². The summed E-state index contributed by atoms with van der Waals surface area (Å²) < 4.78 is 12.2. The fourth-order valence-corrected chi connectivity index (χ4v) is 1.27. The molecule has 0 heterocycles. The van der Waals surface area contributed by atoms with Gasteiger partial charge >= 0.3 is 0 Å². The van der Waals surface area contributed by atoms with Gasteiger partial charge in [0.2, 0.25) is 0 Å². The van der Waals surface area contributed by atoms with E-state index in [1.807, 2.05) is 30.3 Å². The average molecular weight is 215 g/mol. The fourth-order valence-electron chi connectivity index (χ4n) is 0.822. The molecule has 0 fully saturated rings. The molecule has 0 aliphatic rings. The molecule has 0 spiro atoms. The van der Waals surface area contributed by atoms with Gasteiger partial charge in [-0.1, -0.05) is 46.3 Å².